The van der Waals surface area contributed by atoms with Crippen molar-refractivity contribution in [2.75, 3.05) is 7.05 Å². The molecule has 1 N–H and O–H groups in total. The van der Waals surface area contributed by atoms with Gasteiger partial charge in [-0.15, -0.1) is 0 Å². The fraction of sp³-hybridized carbons (Fsp3) is 0.409. The molecule has 1 aliphatic rings. The molecular formula is C22H24ClF3N2O3S. The zero-order valence-electron chi connectivity index (χ0n) is 17.4. The van der Waals surface area contributed by atoms with E-state index in [1.54, 1.807) is 12.1 Å². The minimum absolute atomic E-state index is 0.0289. The molecule has 5 nitrogen and oxygen atoms in total. The first kappa shape index (κ1) is 24.5. The van der Waals surface area contributed by atoms with Gasteiger partial charge in [-0.1, -0.05) is 41.9 Å². The Morgan fingerprint density at radius 2 is 1.72 bits per heavy atom. The highest BCUT2D eigenvalue weighted by Gasteiger charge is 2.41. The van der Waals surface area contributed by atoms with E-state index in [0.717, 1.165) is 5.56 Å². The van der Waals surface area contributed by atoms with Gasteiger partial charge in [0.15, 0.2) is 0 Å². The summed E-state index contributed by atoms with van der Waals surface area (Å²) < 4.78 is 65.7. The second-order valence-corrected chi connectivity index (χ2v) is 10.4. The summed E-state index contributed by atoms with van der Waals surface area (Å²) in [6.07, 6.45) is -3.94. The Balaban J connectivity index is 1.71. The highest BCUT2D eigenvalue weighted by Crippen LogP contribution is 2.37. The number of carbonyl (C=O) groups excluding carboxylic acids is 1. The molecule has 2 aromatic rings. The first-order chi connectivity index (χ1) is 15.0. The number of nitrogens with one attached hydrogen (secondary N) is 1. The van der Waals surface area contributed by atoms with Gasteiger partial charge in [-0.05, 0) is 49.4 Å². The van der Waals surface area contributed by atoms with E-state index in [9.17, 15) is 26.4 Å². The second-order valence-electron chi connectivity index (χ2n) is 7.95. The molecule has 1 saturated carbocycles. The van der Waals surface area contributed by atoms with Crippen molar-refractivity contribution in [1.82, 2.24) is 9.62 Å². The smallest absolute Gasteiger partial charge is 0.349 e. The van der Waals surface area contributed by atoms with E-state index < -0.39 is 34.1 Å². The molecule has 0 spiro atoms. The first-order valence-electron chi connectivity index (χ1n) is 10.2. The van der Waals surface area contributed by atoms with Gasteiger partial charge < -0.3 is 5.32 Å². The van der Waals surface area contributed by atoms with Gasteiger partial charge in [0.25, 0.3) is 5.91 Å². The quantitative estimate of drug-likeness (QED) is 0.621. The number of halogens is 4. The van der Waals surface area contributed by atoms with Gasteiger partial charge in [0.1, 0.15) is 0 Å². The summed E-state index contributed by atoms with van der Waals surface area (Å²) >= 11 is 6.13. The summed E-state index contributed by atoms with van der Waals surface area (Å²) in [5.74, 6) is -1.96. The zero-order chi connectivity index (χ0) is 23.5. The third kappa shape index (κ3) is 5.82. The van der Waals surface area contributed by atoms with E-state index in [4.69, 9.17) is 11.6 Å². The topological polar surface area (TPSA) is 66.5 Å². The molecule has 0 heterocycles. The van der Waals surface area contributed by atoms with E-state index in [-0.39, 0.29) is 47.7 Å². The minimum Gasteiger partial charge on any atom is -0.349 e. The molecule has 32 heavy (non-hydrogen) atoms. The van der Waals surface area contributed by atoms with Crippen LogP contribution >= 0.6 is 11.6 Å². The number of amides is 1. The summed E-state index contributed by atoms with van der Waals surface area (Å²) in [7, 11) is -2.46. The van der Waals surface area contributed by atoms with Crippen LogP contribution in [0.1, 0.15) is 41.6 Å². The van der Waals surface area contributed by atoms with Crippen molar-refractivity contribution in [3.05, 3.63) is 64.7 Å². The number of alkyl halides is 3. The number of hydrogen-bond acceptors (Lipinski definition) is 3. The molecule has 0 bridgehead atoms. The van der Waals surface area contributed by atoms with Gasteiger partial charge in [0.2, 0.25) is 10.0 Å². The lowest BCUT2D eigenvalue weighted by molar-refractivity contribution is -0.182. The van der Waals surface area contributed by atoms with Gasteiger partial charge in [-0.25, -0.2) is 8.42 Å². The lowest BCUT2D eigenvalue weighted by Crippen LogP contribution is -2.40. The molecule has 174 valence electrons. The third-order valence-electron chi connectivity index (χ3n) is 5.66. The van der Waals surface area contributed by atoms with Gasteiger partial charge in [-0.3, -0.25) is 4.79 Å². The molecule has 0 unspecified atom stereocenters. The molecule has 1 amide bonds. The van der Waals surface area contributed by atoms with Gasteiger partial charge in [-0.2, -0.15) is 17.5 Å². The summed E-state index contributed by atoms with van der Waals surface area (Å²) in [6.45, 7) is 0.149. The largest absolute Gasteiger partial charge is 0.391 e. The SMILES string of the molecule is CN(Cc1ccccc1)S(=O)(=O)c1ccc(Cl)c(C(=O)NC2CCC(C(F)(F)F)CC2)c1. The molecule has 0 saturated heterocycles. The lowest BCUT2D eigenvalue weighted by atomic mass is 9.85. The average Bonchev–Trinajstić information content (AvgIpc) is 2.74. The molecule has 0 radical (unpaired) electrons. The van der Waals surface area contributed by atoms with Crippen molar-refractivity contribution in [2.45, 2.75) is 49.3 Å². The standard InChI is InChI=1S/C22H24ClF3N2O3S/c1-28(14-15-5-3-2-4-6-15)32(30,31)18-11-12-20(23)19(13-18)21(29)27-17-9-7-16(8-10-17)22(24,25)26/h2-6,11-13,16-17H,7-10,14H2,1H3,(H,27,29). The maximum Gasteiger partial charge on any atom is 0.391 e. The Labute approximate surface area is 190 Å². The maximum atomic E-state index is 13.0. The molecule has 0 aliphatic heterocycles. The molecule has 0 atom stereocenters. The monoisotopic (exact) mass is 488 g/mol. The van der Waals surface area contributed by atoms with Crippen LogP contribution in [0.2, 0.25) is 5.02 Å². The van der Waals surface area contributed by atoms with Crippen LogP contribution in [-0.2, 0) is 16.6 Å². The first-order valence-corrected chi connectivity index (χ1v) is 12.0. The Morgan fingerprint density at radius 3 is 2.31 bits per heavy atom. The molecule has 2 aromatic carbocycles. The number of nitrogens with zero attached hydrogens (tertiary/aromatic N) is 1. The van der Waals surface area contributed by atoms with Crippen molar-refractivity contribution in [3.8, 4) is 0 Å². The predicted octanol–water partition coefficient (Wildman–Crippen LogP) is 5.01. The van der Waals surface area contributed by atoms with E-state index in [0.29, 0.717) is 0 Å². The lowest BCUT2D eigenvalue weighted by Gasteiger charge is -2.30. The summed E-state index contributed by atoms with van der Waals surface area (Å²) in [6, 6.07) is 12.5. The molecule has 1 aliphatic carbocycles. The van der Waals surface area contributed by atoms with Crippen LogP contribution in [0.3, 0.4) is 0 Å². The number of rotatable bonds is 6. The van der Waals surface area contributed by atoms with Crippen LogP contribution in [0, 0.1) is 5.92 Å². The molecule has 3 rings (SSSR count). The maximum absolute atomic E-state index is 13.0. The predicted molar refractivity (Wildman–Crippen MR) is 116 cm³/mol. The van der Waals surface area contributed by atoms with Gasteiger partial charge >= 0.3 is 6.18 Å². The molecule has 10 heteroatoms. The van der Waals surface area contributed by atoms with Gasteiger partial charge in [0.05, 0.1) is 21.4 Å². The Bertz CT molecular complexity index is 1050. The Morgan fingerprint density at radius 1 is 1.09 bits per heavy atom. The van der Waals surface area contributed by atoms with E-state index in [2.05, 4.69) is 5.32 Å². The van der Waals surface area contributed by atoms with Crippen LogP contribution in [0.25, 0.3) is 0 Å². The zero-order valence-corrected chi connectivity index (χ0v) is 19.0. The van der Waals surface area contributed by atoms with Gasteiger partial charge in [0, 0.05) is 19.6 Å². The summed E-state index contributed by atoms with van der Waals surface area (Å²) in [4.78, 5) is 12.6. The normalized spacial score (nSPS) is 19.7. The van der Waals surface area contributed by atoms with E-state index in [1.807, 2.05) is 18.2 Å². The molecule has 1 fully saturated rings. The summed E-state index contributed by atoms with van der Waals surface area (Å²) in [5, 5.41) is 2.76. The highest BCUT2D eigenvalue weighted by molar-refractivity contribution is 7.89. The van der Waals surface area contributed by atoms with Crippen LogP contribution in [0.4, 0.5) is 13.2 Å². The minimum atomic E-state index is -4.23. The van der Waals surface area contributed by atoms with Crippen LogP contribution in [0.5, 0.6) is 0 Å². The number of hydrogen-bond donors (Lipinski definition) is 1. The third-order valence-corrected chi connectivity index (χ3v) is 7.79. The molecular weight excluding hydrogens is 465 g/mol. The van der Waals surface area contributed by atoms with Crippen molar-refractivity contribution in [2.24, 2.45) is 5.92 Å². The number of sulfonamides is 1. The number of benzene rings is 2. The fourth-order valence-corrected chi connectivity index (χ4v) is 5.16. The molecule has 0 aromatic heterocycles. The Kier molecular flexibility index (Phi) is 7.52. The van der Waals surface area contributed by atoms with Crippen LogP contribution in [0.15, 0.2) is 53.4 Å². The average molecular weight is 489 g/mol. The summed E-state index contributed by atoms with van der Waals surface area (Å²) in [5.41, 5.74) is 0.777. The van der Waals surface area contributed by atoms with Crippen molar-refractivity contribution in [3.63, 3.8) is 0 Å². The Hall–Kier alpha value is -2.10. The van der Waals surface area contributed by atoms with Crippen LogP contribution < -0.4 is 5.32 Å². The highest BCUT2D eigenvalue weighted by atomic mass is 35.5. The van der Waals surface area contributed by atoms with Crippen molar-refractivity contribution in [1.29, 1.82) is 0 Å². The number of carbonyl (C=O) groups is 1. The fourth-order valence-electron chi connectivity index (χ4n) is 3.77. The van der Waals surface area contributed by atoms with Crippen LogP contribution in [-0.4, -0.2) is 37.9 Å². The second kappa shape index (κ2) is 9.80. The van der Waals surface area contributed by atoms with Crippen molar-refractivity contribution < 1.29 is 26.4 Å². The van der Waals surface area contributed by atoms with E-state index >= 15 is 0 Å². The van der Waals surface area contributed by atoms with E-state index in [1.165, 1.54) is 29.6 Å². The van der Waals surface area contributed by atoms with Crippen molar-refractivity contribution >= 4 is 27.5 Å².